The zero-order chi connectivity index (χ0) is 10.4. The maximum atomic E-state index is 10.4. The summed E-state index contributed by atoms with van der Waals surface area (Å²) in [6, 6.07) is 8.11. The SMILES string of the molecule is C=CCc1ccc(C=C(C)C=O)cc1. The normalized spacial score (nSPS) is 11.1. The quantitative estimate of drug-likeness (QED) is 0.401. The van der Waals surface area contributed by atoms with Gasteiger partial charge in [-0.15, -0.1) is 6.58 Å². The summed E-state index contributed by atoms with van der Waals surface area (Å²) in [5.41, 5.74) is 3.03. The molecule has 0 saturated carbocycles. The first-order valence-electron chi connectivity index (χ1n) is 4.59. The molecule has 72 valence electrons. The predicted molar refractivity (Wildman–Crippen MR) is 60.1 cm³/mol. The lowest BCUT2D eigenvalue weighted by molar-refractivity contribution is -0.104. The fraction of sp³-hybridized carbons (Fsp3) is 0.154. The van der Waals surface area contributed by atoms with Crippen LogP contribution in [0.1, 0.15) is 18.1 Å². The van der Waals surface area contributed by atoms with Crippen molar-refractivity contribution >= 4 is 12.4 Å². The van der Waals surface area contributed by atoms with Gasteiger partial charge in [-0.3, -0.25) is 4.79 Å². The highest BCUT2D eigenvalue weighted by atomic mass is 16.1. The molecule has 0 amide bonds. The van der Waals surface area contributed by atoms with Crippen molar-refractivity contribution in [1.82, 2.24) is 0 Å². The molecular formula is C13H14O. The van der Waals surface area contributed by atoms with E-state index in [1.54, 1.807) is 6.92 Å². The second kappa shape index (κ2) is 5.18. The van der Waals surface area contributed by atoms with E-state index in [-0.39, 0.29) is 0 Å². The largest absolute Gasteiger partial charge is 0.298 e. The third kappa shape index (κ3) is 3.02. The van der Waals surface area contributed by atoms with Crippen LogP contribution >= 0.6 is 0 Å². The predicted octanol–water partition coefficient (Wildman–Crippen LogP) is 3.02. The van der Waals surface area contributed by atoms with Crippen LogP contribution in [0.2, 0.25) is 0 Å². The lowest BCUT2D eigenvalue weighted by Crippen LogP contribution is -1.82. The summed E-state index contributed by atoms with van der Waals surface area (Å²) in [5.74, 6) is 0. The van der Waals surface area contributed by atoms with E-state index >= 15 is 0 Å². The topological polar surface area (TPSA) is 17.1 Å². The molecule has 0 aromatic heterocycles. The Labute approximate surface area is 84.8 Å². The number of aldehydes is 1. The molecule has 0 aliphatic carbocycles. The smallest absolute Gasteiger partial charge is 0.145 e. The Morgan fingerprint density at radius 1 is 1.36 bits per heavy atom. The first-order valence-corrected chi connectivity index (χ1v) is 4.59. The first-order chi connectivity index (χ1) is 6.76. The van der Waals surface area contributed by atoms with Crippen LogP contribution in [-0.4, -0.2) is 6.29 Å². The van der Waals surface area contributed by atoms with Crippen molar-refractivity contribution in [2.45, 2.75) is 13.3 Å². The van der Waals surface area contributed by atoms with E-state index in [2.05, 4.69) is 6.58 Å². The Morgan fingerprint density at radius 3 is 2.50 bits per heavy atom. The van der Waals surface area contributed by atoms with Crippen molar-refractivity contribution in [3.8, 4) is 0 Å². The summed E-state index contributed by atoms with van der Waals surface area (Å²) in [6.45, 7) is 5.48. The lowest BCUT2D eigenvalue weighted by Gasteiger charge is -1.98. The molecule has 1 nitrogen and oxygen atoms in total. The summed E-state index contributed by atoms with van der Waals surface area (Å²) >= 11 is 0. The van der Waals surface area contributed by atoms with Crippen molar-refractivity contribution in [3.63, 3.8) is 0 Å². The average Bonchev–Trinajstić information content (AvgIpc) is 2.21. The van der Waals surface area contributed by atoms with E-state index in [1.807, 2.05) is 36.4 Å². The zero-order valence-electron chi connectivity index (χ0n) is 8.36. The summed E-state index contributed by atoms with van der Waals surface area (Å²) in [7, 11) is 0. The van der Waals surface area contributed by atoms with Crippen molar-refractivity contribution in [1.29, 1.82) is 0 Å². The molecule has 14 heavy (non-hydrogen) atoms. The Balaban J connectivity index is 2.82. The second-order valence-corrected chi connectivity index (χ2v) is 3.24. The minimum Gasteiger partial charge on any atom is -0.298 e. The maximum Gasteiger partial charge on any atom is 0.145 e. The van der Waals surface area contributed by atoms with Crippen LogP contribution in [0, 0.1) is 0 Å². The van der Waals surface area contributed by atoms with Gasteiger partial charge in [0, 0.05) is 0 Å². The van der Waals surface area contributed by atoms with Gasteiger partial charge in [0.2, 0.25) is 0 Å². The molecule has 1 aromatic rings. The molecule has 0 N–H and O–H groups in total. The van der Waals surface area contributed by atoms with Gasteiger partial charge in [-0.1, -0.05) is 30.3 Å². The van der Waals surface area contributed by atoms with Crippen LogP contribution in [0.5, 0.6) is 0 Å². The Kier molecular flexibility index (Phi) is 3.86. The number of carbonyl (C=O) groups is 1. The average molecular weight is 186 g/mol. The molecule has 0 aliphatic heterocycles. The highest BCUT2D eigenvalue weighted by Crippen LogP contribution is 2.08. The second-order valence-electron chi connectivity index (χ2n) is 3.24. The molecule has 0 saturated heterocycles. The standard InChI is InChI=1S/C13H14O/c1-3-4-12-5-7-13(8-6-12)9-11(2)10-14/h3,5-10H,1,4H2,2H3. The van der Waals surface area contributed by atoms with Crippen LogP contribution in [0.4, 0.5) is 0 Å². The molecule has 0 atom stereocenters. The van der Waals surface area contributed by atoms with Gasteiger partial charge in [0.05, 0.1) is 0 Å². The molecule has 1 rings (SSSR count). The van der Waals surface area contributed by atoms with Crippen LogP contribution in [0.15, 0.2) is 42.5 Å². The van der Waals surface area contributed by atoms with Gasteiger partial charge in [0.25, 0.3) is 0 Å². The molecule has 0 bridgehead atoms. The summed E-state index contributed by atoms with van der Waals surface area (Å²) in [5, 5.41) is 0. The number of hydrogen-bond acceptors (Lipinski definition) is 1. The molecule has 0 heterocycles. The molecular weight excluding hydrogens is 172 g/mol. The molecule has 0 radical (unpaired) electrons. The van der Waals surface area contributed by atoms with E-state index < -0.39 is 0 Å². The van der Waals surface area contributed by atoms with Crippen molar-refractivity contribution < 1.29 is 4.79 Å². The van der Waals surface area contributed by atoms with Gasteiger partial charge in [0.1, 0.15) is 6.29 Å². The van der Waals surface area contributed by atoms with Gasteiger partial charge >= 0.3 is 0 Å². The number of hydrogen-bond donors (Lipinski definition) is 0. The van der Waals surface area contributed by atoms with Crippen molar-refractivity contribution in [3.05, 3.63) is 53.6 Å². The molecule has 0 fully saturated rings. The van der Waals surface area contributed by atoms with Gasteiger partial charge in [-0.2, -0.15) is 0 Å². The Bertz CT molecular complexity index is 344. The van der Waals surface area contributed by atoms with Crippen molar-refractivity contribution in [2.24, 2.45) is 0 Å². The number of rotatable bonds is 4. The zero-order valence-corrected chi connectivity index (χ0v) is 8.36. The van der Waals surface area contributed by atoms with Crippen LogP contribution in [0.25, 0.3) is 6.08 Å². The highest BCUT2D eigenvalue weighted by Gasteiger charge is 1.91. The molecule has 0 aliphatic rings. The monoisotopic (exact) mass is 186 g/mol. The van der Waals surface area contributed by atoms with Gasteiger partial charge < -0.3 is 0 Å². The third-order valence-corrected chi connectivity index (χ3v) is 1.94. The molecule has 1 heteroatoms. The summed E-state index contributed by atoms with van der Waals surface area (Å²) in [6.07, 6.45) is 5.49. The summed E-state index contributed by atoms with van der Waals surface area (Å²) in [4.78, 5) is 10.4. The number of carbonyl (C=O) groups excluding carboxylic acids is 1. The molecule has 0 unspecified atom stereocenters. The Morgan fingerprint density at radius 2 is 2.00 bits per heavy atom. The van der Waals surface area contributed by atoms with E-state index in [4.69, 9.17) is 0 Å². The highest BCUT2D eigenvalue weighted by molar-refractivity contribution is 5.80. The van der Waals surface area contributed by atoms with Gasteiger partial charge in [-0.25, -0.2) is 0 Å². The van der Waals surface area contributed by atoms with Crippen molar-refractivity contribution in [2.75, 3.05) is 0 Å². The fourth-order valence-electron chi connectivity index (χ4n) is 1.21. The van der Waals surface area contributed by atoms with E-state index in [0.29, 0.717) is 0 Å². The van der Waals surface area contributed by atoms with E-state index in [9.17, 15) is 4.79 Å². The van der Waals surface area contributed by atoms with Crippen LogP contribution < -0.4 is 0 Å². The fourth-order valence-corrected chi connectivity index (χ4v) is 1.21. The third-order valence-electron chi connectivity index (χ3n) is 1.94. The molecule has 1 aromatic carbocycles. The lowest BCUT2D eigenvalue weighted by atomic mass is 10.1. The summed E-state index contributed by atoms with van der Waals surface area (Å²) < 4.78 is 0. The Hall–Kier alpha value is -1.63. The number of benzene rings is 1. The van der Waals surface area contributed by atoms with E-state index in [0.717, 1.165) is 23.8 Å². The minimum atomic E-state index is 0.737. The van der Waals surface area contributed by atoms with E-state index in [1.165, 1.54) is 5.56 Å². The van der Waals surface area contributed by atoms with Gasteiger partial charge in [-0.05, 0) is 36.1 Å². The van der Waals surface area contributed by atoms with Gasteiger partial charge in [0.15, 0.2) is 0 Å². The van der Waals surface area contributed by atoms with Crippen LogP contribution in [-0.2, 0) is 11.2 Å². The first kappa shape index (κ1) is 10.5. The molecule has 0 spiro atoms. The number of allylic oxidation sites excluding steroid dienone is 2. The minimum absolute atomic E-state index is 0.737. The maximum absolute atomic E-state index is 10.4. The van der Waals surface area contributed by atoms with Crippen LogP contribution in [0.3, 0.4) is 0 Å².